The van der Waals surface area contributed by atoms with Gasteiger partial charge in [-0.05, 0) is 73.5 Å². The third kappa shape index (κ3) is 3.25. The molecule has 164 valence electrons. The summed E-state index contributed by atoms with van der Waals surface area (Å²) in [5.74, 6) is 0.615. The van der Waals surface area contributed by atoms with Crippen LogP contribution in [0, 0.1) is 23.7 Å². The second-order valence-electron chi connectivity index (χ2n) is 9.65. The van der Waals surface area contributed by atoms with Crippen LogP contribution in [0.3, 0.4) is 0 Å². The number of allylic oxidation sites excluding steroid dienone is 1. The lowest BCUT2D eigenvalue weighted by atomic mass is 9.54. The van der Waals surface area contributed by atoms with Crippen molar-refractivity contribution in [2.75, 3.05) is 6.61 Å². The Hall–Kier alpha value is -0.990. The second kappa shape index (κ2) is 7.55. The molecule has 0 amide bonds. The summed E-state index contributed by atoms with van der Waals surface area (Å²) in [4.78, 5) is 0. The van der Waals surface area contributed by atoms with E-state index in [1.165, 1.54) is 43.7 Å². The Bertz CT molecular complexity index is 824. The van der Waals surface area contributed by atoms with Crippen molar-refractivity contribution in [3.63, 3.8) is 0 Å². The molecule has 0 unspecified atom stereocenters. The highest BCUT2D eigenvalue weighted by molar-refractivity contribution is 6.32. The molecule has 6 nitrogen and oxygen atoms in total. The van der Waals surface area contributed by atoms with Crippen LogP contribution in [0.15, 0.2) is 23.8 Å². The van der Waals surface area contributed by atoms with Gasteiger partial charge in [0, 0.05) is 10.6 Å². The van der Waals surface area contributed by atoms with E-state index in [0.29, 0.717) is 16.9 Å². The Kier molecular flexibility index (Phi) is 5.26. The zero-order valence-corrected chi connectivity index (χ0v) is 17.4. The van der Waals surface area contributed by atoms with Gasteiger partial charge in [0.2, 0.25) is 5.79 Å². The number of hydrogen-bond donors (Lipinski definition) is 5. The molecule has 1 aromatic rings. The average molecular weight is 437 g/mol. The lowest BCUT2D eigenvalue weighted by Gasteiger charge is -2.51. The van der Waals surface area contributed by atoms with E-state index in [9.17, 15) is 25.5 Å². The van der Waals surface area contributed by atoms with E-state index in [-0.39, 0.29) is 5.56 Å². The summed E-state index contributed by atoms with van der Waals surface area (Å²) >= 11 is 6.48. The molecule has 0 spiro atoms. The number of aliphatic hydroxyl groups excluding tert-OH is 4. The summed E-state index contributed by atoms with van der Waals surface area (Å²) in [6, 6.07) is 4.84. The topological polar surface area (TPSA) is 110 Å². The monoisotopic (exact) mass is 436 g/mol. The highest BCUT2D eigenvalue weighted by Crippen LogP contribution is 2.56. The van der Waals surface area contributed by atoms with E-state index >= 15 is 0 Å². The molecule has 0 radical (unpaired) electrons. The molecule has 5 fully saturated rings. The standard InChI is InChI=1S/C23H29ClO6/c24-18-2-1-16(23(29)22(28)21(27)20(26)19(10-25)30-23)8-15(18)9-17-13-4-11-3-12(6-13)7-14(17)5-11/h1-2,8-9,11-14,19-22,25-29H,3-7,10H2/t11?,12?,13?,14?,19-,20-,21+,22-,23+/m1/s1. The van der Waals surface area contributed by atoms with E-state index in [1.807, 2.05) is 0 Å². The molecule has 1 aromatic carbocycles. The first-order valence-electron chi connectivity index (χ1n) is 10.9. The molecule has 6 rings (SSSR count). The number of halogens is 1. The minimum Gasteiger partial charge on any atom is -0.394 e. The Morgan fingerprint density at radius 3 is 2.23 bits per heavy atom. The summed E-state index contributed by atoms with van der Waals surface area (Å²) in [5.41, 5.74) is 2.39. The fraction of sp³-hybridized carbons (Fsp3) is 0.652. The molecule has 4 saturated carbocycles. The predicted molar refractivity (Wildman–Crippen MR) is 110 cm³/mol. The van der Waals surface area contributed by atoms with Gasteiger partial charge in [-0.1, -0.05) is 29.3 Å². The van der Waals surface area contributed by atoms with Gasteiger partial charge in [-0.2, -0.15) is 0 Å². The lowest BCUT2D eigenvalue weighted by Crippen LogP contribution is -2.63. The third-order valence-electron chi connectivity index (χ3n) is 7.78. The molecular weight excluding hydrogens is 408 g/mol. The third-order valence-corrected chi connectivity index (χ3v) is 8.12. The van der Waals surface area contributed by atoms with Crippen LogP contribution in [-0.2, 0) is 10.5 Å². The maximum Gasteiger partial charge on any atom is 0.222 e. The van der Waals surface area contributed by atoms with E-state index in [2.05, 4.69) is 6.08 Å². The van der Waals surface area contributed by atoms with Crippen LogP contribution >= 0.6 is 11.6 Å². The number of rotatable bonds is 3. The maximum absolute atomic E-state index is 11.1. The normalized spacial score (nSPS) is 45.1. The molecule has 4 bridgehead atoms. The first-order chi connectivity index (χ1) is 14.3. The Morgan fingerprint density at radius 2 is 1.63 bits per heavy atom. The van der Waals surface area contributed by atoms with Gasteiger partial charge in [0.05, 0.1) is 6.61 Å². The molecular formula is C23H29ClO6. The van der Waals surface area contributed by atoms with Crippen molar-refractivity contribution in [2.45, 2.75) is 62.3 Å². The largest absolute Gasteiger partial charge is 0.394 e. The number of aliphatic hydroxyl groups is 5. The van der Waals surface area contributed by atoms with Gasteiger partial charge < -0.3 is 30.3 Å². The Morgan fingerprint density at radius 1 is 1.00 bits per heavy atom. The summed E-state index contributed by atoms with van der Waals surface area (Å²) < 4.78 is 5.47. The van der Waals surface area contributed by atoms with Crippen LogP contribution in [0.1, 0.15) is 43.2 Å². The maximum atomic E-state index is 11.1. The van der Waals surface area contributed by atoms with Crippen molar-refractivity contribution in [2.24, 2.45) is 23.7 Å². The van der Waals surface area contributed by atoms with Gasteiger partial charge >= 0.3 is 0 Å². The van der Waals surface area contributed by atoms with Crippen molar-refractivity contribution < 1.29 is 30.3 Å². The van der Waals surface area contributed by atoms with Gasteiger partial charge in [0.1, 0.15) is 24.4 Å². The van der Waals surface area contributed by atoms with Crippen molar-refractivity contribution >= 4 is 17.7 Å². The van der Waals surface area contributed by atoms with E-state index in [1.54, 1.807) is 12.1 Å². The first-order valence-corrected chi connectivity index (χ1v) is 11.2. The van der Waals surface area contributed by atoms with Crippen molar-refractivity contribution in [3.05, 3.63) is 39.9 Å². The van der Waals surface area contributed by atoms with Crippen LogP contribution in [-0.4, -0.2) is 56.6 Å². The second-order valence-corrected chi connectivity index (χ2v) is 10.1. The van der Waals surface area contributed by atoms with Crippen LogP contribution < -0.4 is 0 Å². The summed E-state index contributed by atoms with van der Waals surface area (Å²) in [5, 5.41) is 51.7. The molecule has 7 heteroatoms. The number of benzene rings is 1. The predicted octanol–water partition coefficient (Wildman–Crippen LogP) is 1.80. The smallest absolute Gasteiger partial charge is 0.222 e. The van der Waals surface area contributed by atoms with E-state index in [4.69, 9.17) is 16.3 Å². The SMILES string of the molecule is OC[C@H]1O[C@@](O)(c2ccc(Cl)c(C=C3C4CC5CC(C4)CC3C5)c2)[C@H](O)[C@@H](O)[C@@H]1O. The molecule has 0 aromatic heterocycles. The van der Waals surface area contributed by atoms with Gasteiger partial charge in [0.25, 0.3) is 0 Å². The summed E-state index contributed by atoms with van der Waals surface area (Å²) in [7, 11) is 0. The highest BCUT2D eigenvalue weighted by Gasteiger charge is 2.53. The lowest BCUT2D eigenvalue weighted by molar-refractivity contribution is -0.357. The molecule has 5 N–H and O–H groups in total. The van der Waals surface area contributed by atoms with Crippen LogP contribution in [0.5, 0.6) is 0 Å². The molecule has 30 heavy (non-hydrogen) atoms. The average Bonchev–Trinajstić information content (AvgIpc) is 2.72. The first kappa shape index (κ1) is 20.9. The fourth-order valence-corrected chi connectivity index (χ4v) is 6.59. The van der Waals surface area contributed by atoms with Crippen LogP contribution in [0.4, 0.5) is 0 Å². The van der Waals surface area contributed by atoms with Gasteiger partial charge in [-0.25, -0.2) is 0 Å². The quantitative estimate of drug-likeness (QED) is 0.494. The summed E-state index contributed by atoms with van der Waals surface area (Å²) in [6.07, 6.45) is 2.29. The van der Waals surface area contributed by atoms with Gasteiger partial charge in [-0.3, -0.25) is 0 Å². The summed E-state index contributed by atoms with van der Waals surface area (Å²) in [6.45, 7) is -0.608. The van der Waals surface area contributed by atoms with Crippen molar-refractivity contribution in [1.29, 1.82) is 0 Å². The van der Waals surface area contributed by atoms with Crippen LogP contribution in [0.25, 0.3) is 6.08 Å². The van der Waals surface area contributed by atoms with Crippen molar-refractivity contribution in [3.8, 4) is 0 Å². The molecule has 5 aliphatic rings. The molecule has 1 aliphatic heterocycles. The molecule has 5 atom stereocenters. The number of hydrogen-bond acceptors (Lipinski definition) is 6. The zero-order valence-electron chi connectivity index (χ0n) is 16.7. The Balaban J connectivity index is 1.50. The van der Waals surface area contributed by atoms with Gasteiger partial charge in [-0.15, -0.1) is 0 Å². The van der Waals surface area contributed by atoms with E-state index in [0.717, 1.165) is 17.4 Å². The Labute approximate surface area is 180 Å². The van der Waals surface area contributed by atoms with E-state index < -0.39 is 36.8 Å². The highest BCUT2D eigenvalue weighted by atomic mass is 35.5. The molecule has 1 saturated heterocycles. The fourth-order valence-electron chi connectivity index (χ4n) is 6.41. The van der Waals surface area contributed by atoms with Crippen molar-refractivity contribution in [1.82, 2.24) is 0 Å². The van der Waals surface area contributed by atoms with Gasteiger partial charge in [0.15, 0.2) is 0 Å². The molecule has 4 aliphatic carbocycles. The molecule has 1 heterocycles. The number of ether oxygens (including phenoxy) is 1. The minimum absolute atomic E-state index is 0.222. The zero-order chi connectivity index (χ0) is 21.2. The van der Waals surface area contributed by atoms with Crippen LogP contribution in [0.2, 0.25) is 5.02 Å². The minimum atomic E-state index is -2.27.